The van der Waals surface area contributed by atoms with Gasteiger partial charge in [0.2, 0.25) is 0 Å². The quantitative estimate of drug-likeness (QED) is 0.839. The number of nitrogens with one attached hydrogen (secondary N) is 2. The predicted octanol–water partition coefficient (Wildman–Crippen LogP) is 3.72. The average molecular weight is 376 g/mol. The van der Waals surface area contributed by atoms with E-state index >= 15 is 0 Å². The van der Waals surface area contributed by atoms with Crippen LogP contribution in [0.15, 0.2) is 35.3 Å². The highest BCUT2D eigenvalue weighted by molar-refractivity contribution is 6.30. The zero-order valence-electron chi connectivity index (χ0n) is 13.7. The first kappa shape index (κ1) is 16.8. The number of hydrogen-bond acceptors (Lipinski definition) is 4. The highest BCUT2D eigenvalue weighted by Gasteiger charge is 2.41. The third kappa shape index (κ3) is 3.50. The SMILES string of the molecule is Clc1cccc(CN=C2Nc3nnc(Cl)cc3CC23CCNCC3)c1. The van der Waals surface area contributed by atoms with Gasteiger partial charge in [-0.3, -0.25) is 4.99 Å². The summed E-state index contributed by atoms with van der Waals surface area (Å²) < 4.78 is 0. The molecule has 1 saturated heterocycles. The molecule has 0 radical (unpaired) electrons. The van der Waals surface area contributed by atoms with Gasteiger partial charge in [0.05, 0.1) is 6.54 Å². The molecule has 0 amide bonds. The molecule has 1 aromatic carbocycles. The van der Waals surface area contributed by atoms with Gasteiger partial charge < -0.3 is 10.6 Å². The van der Waals surface area contributed by atoms with Crippen LogP contribution in [0.5, 0.6) is 0 Å². The Morgan fingerprint density at radius 1 is 1.12 bits per heavy atom. The molecule has 130 valence electrons. The first-order valence-electron chi connectivity index (χ1n) is 8.44. The van der Waals surface area contributed by atoms with Crippen LogP contribution in [0.25, 0.3) is 0 Å². The maximum absolute atomic E-state index is 6.09. The van der Waals surface area contributed by atoms with Crippen molar-refractivity contribution in [3.05, 3.63) is 51.6 Å². The van der Waals surface area contributed by atoms with E-state index in [2.05, 4.69) is 20.8 Å². The lowest BCUT2D eigenvalue weighted by atomic mass is 9.71. The number of benzene rings is 1. The standard InChI is InChI=1S/C18H19Cl2N5/c19-14-3-1-2-12(8-14)11-22-17-18(4-6-21-7-5-18)10-13-9-15(20)24-25-16(13)23-17/h1-3,8-9,21H,4-7,10-11H2,(H,22,23,25). The third-order valence-corrected chi connectivity index (χ3v) is 5.40. The zero-order valence-corrected chi connectivity index (χ0v) is 15.2. The van der Waals surface area contributed by atoms with E-state index in [9.17, 15) is 0 Å². The lowest BCUT2D eigenvalue weighted by molar-refractivity contribution is 0.292. The summed E-state index contributed by atoms with van der Waals surface area (Å²) in [6.07, 6.45) is 2.96. The monoisotopic (exact) mass is 375 g/mol. The Morgan fingerprint density at radius 3 is 2.76 bits per heavy atom. The van der Waals surface area contributed by atoms with Crippen LogP contribution in [0.4, 0.5) is 5.82 Å². The third-order valence-electron chi connectivity index (χ3n) is 4.98. The maximum Gasteiger partial charge on any atom is 0.157 e. The lowest BCUT2D eigenvalue weighted by Crippen LogP contribution is -2.49. The molecule has 2 N–H and O–H groups in total. The molecule has 1 aromatic heterocycles. The Kier molecular flexibility index (Phi) is 4.63. The van der Waals surface area contributed by atoms with Crippen molar-refractivity contribution >= 4 is 34.9 Å². The van der Waals surface area contributed by atoms with E-state index in [1.807, 2.05) is 30.3 Å². The summed E-state index contributed by atoms with van der Waals surface area (Å²) >= 11 is 12.1. The molecule has 0 unspecified atom stereocenters. The van der Waals surface area contributed by atoms with Crippen molar-refractivity contribution in [1.29, 1.82) is 0 Å². The fourth-order valence-corrected chi connectivity index (χ4v) is 4.05. The van der Waals surface area contributed by atoms with Gasteiger partial charge in [0.25, 0.3) is 0 Å². The van der Waals surface area contributed by atoms with Crippen LogP contribution in [0.3, 0.4) is 0 Å². The van der Waals surface area contributed by atoms with Gasteiger partial charge in [0.15, 0.2) is 11.0 Å². The summed E-state index contributed by atoms with van der Waals surface area (Å²) in [5.74, 6) is 1.76. The molecule has 3 heterocycles. The summed E-state index contributed by atoms with van der Waals surface area (Å²) in [5, 5.41) is 16.2. The van der Waals surface area contributed by atoms with E-state index in [0.717, 1.165) is 60.2 Å². The minimum atomic E-state index is 0.00316. The molecule has 0 atom stereocenters. The van der Waals surface area contributed by atoms with Crippen LogP contribution in [0, 0.1) is 5.41 Å². The second kappa shape index (κ2) is 6.90. The molecule has 1 spiro atoms. The first-order valence-corrected chi connectivity index (χ1v) is 9.19. The predicted molar refractivity (Wildman–Crippen MR) is 101 cm³/mol. The summed E-state index contributed by atoms with van der Waals surface area (Å²) in [4.78, 5) is 4.91. The largest absolute Gasteiger partial charge is 0.327 e. The summed E-state index contributed by atoms with van der Waals surface area (Å²) in [6, 6.07) is 9.74. The maximum atomic E-state index is 6.09. The van der Waals surface area contributed by atoms with Crippen LogP contribution in [0.1, 0.15) is 24.0 Å². The minimum Gasteiger partial charge on any atom is -0.327 e. The summed E-state index contributed by atoms with van der Waals surface area (Å²) in [6.45, 7) is 2.56. The topological polar surface area (TPSA) is 62.2 Å². The van der Waals surface area contributed by atoms with E-state index < -0.39 is 0 Å². The number of aliphatic imine (C=N–C) groups is 1. The van der Waals surface area contributed by atoms with Crippen molar-refractivity contribution in [2.75, 3.05) is 18.4 Å². The number of anilines is 1. The normalized spacial score (nSPS) is 20.3. The van der Waals surface area contributed by atoms with Gasteiger partial charge in [-0.1, -0.05) is 35.3 Å². The van der Waals surface area contributed by atoms with Crippen molar-refractivity contribution < 1.29 is 0 Å². The van der Waals surface area contributed by atoms with E-state index in [4.69, 9.17) is 28.2 Å². The fraction of sp³-hybridized carbons (Fsp3) is 0.389. The van der Waals surface area contributed by atoms with Crippen molar-refractivity contribution in [3.63, 3.8) is 0 Å². The zero-order chi connectivity index (χ0) is 17.3. The molecule has 4 rings (SSSR count). The van der Waals surface area contributed by atoms with Gasteiger partial charge in [-0.2, -0.15) is 0 Å². The molecular formula is C18H19Cl2N5. The number of fused-ring (bicyclic) bond motifs is 1. The molecule has 25 heavy (non-hydrogen) atoms. The molecule has 0 aliphatic carbocycles. The molecule has 7 heteroatoms. The Hall–Kier alpha value is -1.69. The second-order valence-electron chi connectivity index (χ2n) is 6.67. The number of nitrogens with zero attached hydrogens (tertiary/aromatic N) is 3. The Morgan fingerprint density at radius 2 is 1.96 bits per heavy atom. The highest BCUT2D eigenvalue weighted by atomic mass is 35.5. The van der Waals surface area contributed by atoms with Crippen LogP contribution < -0.4 is 10.6 Å². The van der Waals surface area contributed by atoms with E-state index in [1.165, 1.54) is 0 Å². The Labute approximate surface area is 156 Å². The lowest BCUT2D eigenvalue weighted by Gasteiger charge is -2.42. The molecule has 2 aliphatic rings. The van der Waals surface area contributed by atoms with Gasteiger partial charge in [-0.15, -0.1) is 10.2 Å². The van der Waals surface area contributed by atoms with E-state index in [0.29, 0.717) is 11.7 Å². The van der Waals surface area contributed by atoms with Gasteiger partial charge in [-0.05, 0) is 56.1 Å². The number of hydrogen-bond donors (Lipinski definition) is 2. The minimum absolute atomic E-state index is 0.00316. The van der Waals surface area contributed by atoms with Crippen molar-refractivity contribution in [2.45, 2.75) is 25.8 Å². The molecule has 0 saturated carbocycles. The summed E-state index contributed by atoms with van der Waals surface area (Å²) in [5.41, 5.74) is 2.21. The van der Waals surface area contributed by atoms with E-state index in [1.54, 1.807) is 0 Å². The first-order chi connectivity index (χ1) is 12.1. The molecule has 2 aliphatic heterocycles. The number of halogens is 2. The smallest absolute Gasteiger partial charge is 0.157 e. The second-order valence-corrected chi connectivity index (χ2v) is 7.49. The number of piperidine rings is 1. The Bertz CT molecular complexity index is 815. The van der Waals surface area contributed by atoms with Gasteiger partial charge in [0, 0.05) is 16.0 Å². The van der Waals surface area contributed by atoms with Crippen LogP contribution in [0.2, 0.25) is 10.2 Å². The summed E-state index contributed by atoms with van der Waals surface area (Å²) in [7, 11) is 0. The van der Waals surface area contributed by atoms with Gasteiger partial charge in [-0.25, -0.2) is 0 Å². The average Bonchev–Trinajstić information content (AvgIpc) is 2.61. The molecule has 5 nitrogen and oxygen atoms in total. The highest BCUT2D eigenvalue weighted by Crippen LogP contribution is 2.40. The van der Waals surface area contributed by atoms with Gasteiger partial charge >= 0.3 is 0 Å². The Balaban J connectivity index is 1.68. The van der Waals surface area contributed by atoms with Crippen LogP contribution in [-0.2, 0) is 13.0 Å². The van der Waals surface area contributed by atoms with Crippen LogP contribution >= 0.6 is 23.2 Å². The molecular weight excluding hydrogens is 357 g/mol. The number of rotatable bonds is 2. The number of amidine groups is 1. The van der Waals surface area contributed by atoms with Crippen LogP contribution in [-0.4, -0.2) is 29.1 Å². The van der Waals surface area contributed by atoms with Gasteiger partial charge in [0.1, 0.15) is 5.84 Å². The molecule has 1 fully saturated rings. The van der Waals surface area contributed by atoms with E-state index in [-0.39, 0.29) is 5.41 Å². The number of aromatic nitrogens is 2. The van der Waals surface area contributed by atoms with Crippen molar-refractivity contribution in [1.82, 2.24) is 15.5 Å². The van der Waals surface area contributed by atoms with Crippen molar-refractivity contribution in [2.24, 2.45) is 10.4 Å². The molecule has 2 aromatic rings. The van der Waals surface area contributed by atoms with Crippen molar-refractivity contribution in [3.8, 4) is 0 Å². The fourth-order valence-electron chi connectivity index (χ4n) is 3.67. The molecule has 0 bridgehead atoms.